The number of carbonyl (C=O) groups excluding carboxylic acids is 2. The van der Waals surface area contributed by atoms with E-state index in [-0.39, 0.29) is 12.8 Å². The first-order chi connectivity index (χ1) is 28.5. The molecule has 59 heavy (non-hydrogen) atoms. The van der Waals surface area contributed by atoms with Crippen LogP contribution in [0.4, 0.5) is 0 Å². The Morgan fingerprint density at radius 2 is 1.22 bits per heavy atom. The first-order valence-corrected chi connectivity index (χ1v) is 22.9. The number of esters is 2. The highest BCUT2D eigenvalue weighted by molar-refractivity contribution is 7.47. The molecule has 0 aliphatic carbocycles. The second-order valence-electron chi connectivity index (χ2n) is 14.0. The number of hydrogen-bond donors (Lipinski definition) is 5. The summed E-state index contributed by atoms with van der Waals surface area (Å²) in [7, 11) is -4.68. The summed E-state index contributed by atoms with van der Waals surface area (Å²) < 4.78 is 32.5. The number of unbranched alkanes of at least 4 members (excludes halogenated alkanes) is 9. The SMILES string of the molecule is CC/C=C\C[C@@H](O)/C=C/C=C\C/C=C\C=C\[C@@H](O)/C=C\CCCC(=O)OC[C@H](COP(=O)(O)OC[C@@H](O)CO)OC(=O)CCCCCCC/C=C\C/C=C\CCCCC. The van der Waals surface area contributed by atoms with Crippen LogP contribution in [0.1, 0.15) is 129 Å². The Balaban J connectivity index is 4.60. The van der Waals surface area contributed by atoms with Crippen molar-refractivity contribution in [2.24, 2.45) is 0 Å². The maximum Gasteiger partial charge on any atom is 0.472 e. The van der Waals surface area contributed by atoms with Gasteiger partial charge in [-0.05, 0) is 70.6 Å². The molecule has 0 aliphatic rings. The van der Waals surface area contributed by atoms with Crippen LogP contribution in [0.5, 0.6) is 0 Å². The Morgan fingerprint density at radius 1 is 0.610 bits per heavy atom. The number of carbonyl (C=O) groups is 2. The van der Waals surface area contributed by atoms with Crippen LogP contribution in [0, 0.1) is 0 Å². The average molecular weight is 851 g/mol. The van der Waals surface area contributed by atoms with E-state index in [1.54, 1.807) is 30.4 Å². The molecule has 0 rings (SSSR count). The minimum absolute atomic E-state index is 0.0464. The number of phosphoric acid groups is 1. The normalized spacial score (nSPS) is 15.8. The predicted octanol–water partition coefficient (Wildman–Crippen LogP) is 9.16. The minimum atomic E-state index is -4.68. The number of ether oxygens (including phenoxy) is 2. The van der Waals surface area contributed by atoms with E-state index in [0.29, 0.717) is 32.1 Å². The van der Waals surface area contributed by atoms with Crippen molar-refractivity contribution in [3.63, 3.8) is 0 Å². The van der Waals surface area contributed by atoms with Crippen LogP contribution in [0.15, 0.2) is 97.2 Å². The van der Waals surface area contributed by atoms with E-state index in [2.05, 4.69) is 35.8 Å². The van der Waals surface area contributed by atoms with Crippen molar-refractivity contribution in [1.29, 1.82) is 0 Å². The molecule has 0 saturated heterocycles. The lowest BCUT2D eigenvalue weighted by molar-refractivity contribution is -0.161. The lowest BCUT2D eigenvalue weighted by atomic mass is 10.1. The zero-order valence-corrected chi connectivity index (χ0v) is 36.5. The molecule has 5 N–H and O–H groups in total. The van der Waals surface area contributed by atoms with E-state index in [1.165, 1.54) is 19.3 Å². The predicted molar refractivity (Wildman–Crippen MR) is 235 cm³/mol. The van der Waals surface area contributed by atoms with Gasteiger partial charge in [0, 0.05) is 12.8 Å². The fraction of sp³-hybridized carbons (Fsp3) is 0.609. The lowest BCUT2D eigenvalue weighted by Gasteiger charge is -2.20. The summed E-state index contributed by atoms with van der Waals surface area (Å²) in [6.45, 7) is 1.90. The highest BCUT2D eigenvalue weighted by Gasteiger charge is 2.27. The Bertz CT molecular complexity index is 1330. The first-order valence-electron chi connectivity index (χ1n) is 21.4. The van der Waals surface area contributed by atoms with Gasteiger partial charge in [-0.1, -0.05) is 143 Å². The molecule has 0 bridgehead atoms. The van der Waals surface area contributed by atoms with E-state index < -0.39 is 70.6 Å². The molecule has 0 aromatic rings. The van der Waals surface area contributed by atoms with Gasteiger partial charge in [-0.25, -0.2) is 4.57 Å². The Labute approximate surface area is 354 Å². The quantitative estimate of drug-likeness (QED) is 0.0130. The van der Waals surface area contributed by atoms with Crippen molar-refractivity contribution in [3.8, 4) is 0 Å². The van der Waals surface area contributed by atoms with E-state index >= 15 is 0 Å². The van der Waals surface area contributed by atoms with Crippen molar-refractivity contribution in [2.75, 3.05) is 26.4 Å². The number of phosphoric ester groups is 1. The summed E-state index contributed by atoms with van der Waals surface area (Å²) in [6.07, 6.45) is 41.6. The lowest BCUT2D eigenvalue weighted by Crippen LogP contribution is -2.29. The Hall–Kier alpha value is -3.19. The van der Waals surface area contributed by atoms with Gasteiger partial charge in [-0.2, -0.15) is 0 Å². The second kappa shape index (κ2) is 40.2. The van der Waals surface area contributed by atoms with E-state index in [4.69, 9.17) is 19.1 Å². The van der Waals surface area contributed by atoms with Crippen molar-refractivity contribution in [2.45, 2.75) is 154 Å². The smallest absolute Gasteiger partial charge is 0.462 e. The number of hydrogen-bond acceptors (Lipinski definition) is 11. The summed E-state index contributed by atoms with van der Waals surface area (Å²) in [5.41, 5.74) is 0. The molecule has 13 heteroatoms. The monoisotopic (exact) mass is 850 g/mol. The van der Waals surface area contributed by atoms with Crippen molar-refractivity contribution in [3.05, 3.63) is 97.2 Å². The van der Waals surface area contributed by atoms with Crippen LogP contribution in [0.25, 0.3) is 0 Å². The van der Waals surface area contributed by atoms with Crippen LogP contribution >= 0.6 is 7.82 Å². The van der Waals surface area contributed by atoms with Gasteiger partial charge >= 0.3 is 19.8 Å². The highest BCUT2D eigenvalue weighted by Crippen LogP contribution is 2.43. The summed E-state index contributed by atoms with van der Waals surface area (Å²) in [6, 6.07) is 0. The summed E-state index contributed by atoms with van der Waals surface area (Å²) in [5, 5.41) is 38.3. The first kappa shape index (κ1) is 55.8. The number of aliphatic hydroxyl groups is 4. The maximum absolute atomic E-state index is 12.6. The van der Waals surface area contributed by atoms with Crippen molar-refractivity contribution in [1.82, 2.24) is 0 Å². The molecule has 12 nitrogen and oxygen atoms in total. The topological polar surface area (TPSA) is 189 Å². The third-order valence-corrected chi connectivity index (χ3v) is 9.35. The summed E-state index contributed by atoms with van der Waals surface area (Å²) in [4.78, 5) is 35.0. The van der Waals surface area contributed by atoms with Crippen molar-refractivity contribution >= 4 is 19.8 Å². The van der Waals surface area contributed by atoms with Gasteiger partial charge in [0.25, 0.3) is 0 Å². The molecule has 0 aromatic carbocycles. The molecule has 0 aromatic heterocycles. The molecular weight excluding hydrogens is 775 g/mol. The molecule has 0 fully saturated rings. The van der Waals surface area contributed by atoms with Crippen LogP contribution in [0.2, 0.25) is 0 Å². The second-order valence-corrected chi connectivity index (χ2v) is 15.5. The van der Waals surface area contributed by atoms with Crippen LogP contribution in [0.3, 0.4) is 0 Å². The molecule has 336 valence electrons. The zero-order valence-electron chi connectivity index (χ0n) is 35.6. The van der Waals surface area contributed by atoms with E-state index in [0.717, 1.165) is 51.4 Å². The number of aliphatic hydroxyl groups excluding tert-OH is 4. The molecule has 0 saturated carbocycles. The number of allylic oxidation sites excluding steroid dienone is 12. The molecule has 0 amide bonds. The van der Waals surface area contributed by atoms with Crippen LogP contribution in [-0.4, -0.2) is 88.1 Å². The van der Waals surface area contributed by atoms with Crippen molar-refractivity contribution < 1.29 is 58.0 Å². The van der Waals surface area contributed by atoms with Crippen LogP contribution < -0.4 is 0 Å². The molecule has 0 aliphatic heterocycles. The Kier molecular flexibility index (Phi) is 38.1. The van der Waals surface area contributed by atoms with Gasteiger partial charge in [0.1, 0.15) is 12.7 Å². The van der Waals surface area contributed by atoms with Gasteiger partial charge in [0.05, 0.1) is 32.0 Å². The third kappa shape index (κ3) is 40.0. The number of rotatable bonds is 38. The third-order valence-electron chi connectivity index (χ3n) is 8.40. The average Bonchev–Trinajstić information content (AvgIpc) is 3.21. The van der Waals surface area contributed by atoms with Gasteiger partial charge in [-0.3, -0.25) is 18.6 Å². The highest BCUT2D eigenvalue weighted by atomic mass is 31.2. The fourth-order valence-electron chi connectivity index (χ4n) is 5.06. The maximum atomic E-state index is 12.6. The molecule has 0 radical (unpaired) electrons. The van der Waals surface area contributed by atoms with E-state index in [9.17, 15) is 34.4 Å². The van der Waals surface area contributed by atoms with E-state index in [1.807, 2.05) is 49.5 Å². The Morgan fingerprint density at radius 3 is 1.92 bits per heavy atom. The molecule has 0 heterocycles. The summed E-state index contributed by atoms with van der Waals surface area (Å²) >= 11 is 0. The fourth-order valence-corrected chi connectivity index (χ4v) is 5.85. The van der Waals surface area contributed by atoms with Gasteiger partial charge in [0.2, 0.25) is 0 Å². The summed E-state index contributed by atoms with van der Waals surface area (Å²) in [5.74, 6) is -1.14. The molecule has 5 atom stereocenters. The largest absolute Gasteiger partial charge is 0.472 e. The van der Waals surface area contributed by atoms with Gasteiger partial charge < -0.3 is 34.8 Å². The molecule has 1 unspecified atom stereocenters. The van der Waals surface area contributed by atoms with Crippen LogP contribution in [-0.2, 0) is 32.7 Å². The molecular formula is C46H75O12P. The molecule has 0 spiro atoms. The minimum Gasteiger partial charge on any atom is -0.462 e. The van der Waals surface area contributed by atoms with Gasteiger partial charge in [0.15, 0.2) is 6.10 Å². The zero-order chi connectivity index (χ0) is 43.7. The van der Waals surface area contributed by atoms with Gasteiger partial charge in [-0.15, -0.1) is 0 Å². The standard InChI is InChI=1S/C46H75O12P/c1-3-5-7-8-9-10-11-12-13-14-15-16-20-23-29-36-46(52)58-44(40-57-59(53,54)56-38-43(50)37-47)39-55-45(51)35-30-24-28-34-42(49)33-27-22-19-17-18-21-26-32-41(48)31-25-6-4-2/h6,9-10,12-13,18-19,21-22,25-28,32-34,41-44,47-50H,3-5,7-8,11,14-17,20,23-24,29-31,35-40H2,1-2H3,(H,53,54)/b10-9-,13-12-,21-18-,22-19-,25-6-,32-26+,33-27+,34-28-/t41-,42-,43+,44-/m1/s1.